The van der Waals surface area contributed by atoms with Crippen LogP contribution >= 0.6 is 0 Å². The van der Waals surface area contributed by atoms with E-state index in [1.54, 1.807) is 0 Å². The van der Waals surface area contributed by atoms with E-state index >= 15 is 0 Å². The lowest BCUT2D eigenvalue weighted by molar-refractivity contribution is -0.369. The predicted octanol–water partition coefficient (Wildman–Crippen LogP) is -4.72. The molecule has 0 radical (unpaired) electrons. The number of allylic oxidation sites excluding steroid dienone is 1. The number of aliphatic hydroxyl groups is 14. The van der Waals surface area contributed by atoms with Crippen molar-refractivity contribution in [1.29, 1.82) is 0 Å². The third-order valence-electron chi connectivity index (χ3n) is 17.4. The minimum atomic E-state index is -1.89. The average molecular weight is 981 g/mol. The molecule has 2 bridgehead atoms. The van der Waals surface area contributed by atoms with Crippen LogP contribution in [0.25, 0.3) is 0 Å². The third-order valence-corrected chi connectivity index (χ3v) is 17.4. The Balaban J connectivity index is 0.999. The Morgan fingerprint density at radius 2 is 1.07 bits per heavy atom. The van der Waals surface area contributed by atoms with E-state index in [1.807, 2.05) is 19.9 Å². The summed E-state index contributed by atoms with van der Waals surface area (Å²) in [5.74, 6) is -0.857. The summed E-state index contributed by atoms with van der Waals surface area (Å²) in [6, 6.07) is 0. The zero-order valence-electron chi connectivity index (χ0n) is 38.4. The highest BCUT2D eigenvalue weighted by atomic mass is 16.8. The lowest BCUT2D eigenvalue weighted by atomic mass is 9.41. The zero-order chi connectivity index (χ0) is 49.4. The fourth-order valence-electron chi connectivity index (χ4n) is 13.8. The standard InChI is InChI=1S/C45H72O23/c1-4-18-12-44-10-6-23-42(2,8-5-9-43(23,3)41(60)67-40-36(31(56)27(52)21(15-48)64-40)66-38-33(58)30(55)26(51)20(14-47)62-38)24(44)7-11-45(18,17-44)68-39-34(59)35(28(53)22(16-49)63-39)65-37-32(57)29(54)25(50)19(13-46)61-37/h4,19-40,46-59H,5-17H2,1-3H3/b18-4-/t19?,20?,21?,22?,23?,24-,25?,26?,27?,28?,29?,30?,31?,32?,33?,34?,35?,36?,37?,38?,39?,40?,42+,43+,44+,45?/m0/s1. The van der Waals surface area contributed by atoms with Crippen molar-refractivity contribution >= 4 is 5.97 Å². The van der Waals surface area contributed by atoms with Gasteiger partial charge in [0.25, 0.3) is 0 Å². The largest absolute Gasteiger partial charge is 0.432 e. The Labute approximate surface area is 392 Å². The molecule has 14 N–H and O–H groups in total. The maximum atomic E-state index is 14.8. The second kappa shape index (κ2) is 20.0. The van der Waals surface area contributed by atoms with Gasteiger partial charge in [-0.15, -0.1) is 0 Å². The van der Waals surface area contributed by atoms with Gasteiger partial charge in [-0.3, -0.25) is 4.79 Å². The third kappa shape index (κ3) is 8.70. The minimum Gasteiger partial charge on any atom is -0.432 e. The van der Waals surface area contributed by atoms with Crippen molar-refractivity contribution in [3.8, 4) is 0 Å². The number of fused-ring (bicyclic) bond motifs is 3. The fraction of sp³-hybridized carbons (Fsp3) is 0.933. The van der Waals surface area contributed by atoms with E-state index in [2.05, 4.69) is 6.92 Å². The maximum Gasteiger partial charge on any atom is 0.314 e. The summed E-state index contributed by atoms with van der Waals surface area (Å²) in [5, 5.41) is 148. The van der Waals surface area contributed by atoms with Crippen molar-refractivity contribution in [2.45, 2.75) is 207 Å². The molecule has 0 aromatic rings. The number of aliphatic hydroxyl groups excluding tert-OH is 14. The maximum absolute atomic E-state index is 14.8. The van der Waals surface area contributed by atoms with Gasteiger partial charge in [-0.2, -0.15) is 0 Å². The molecule has 4 aliphatic carbocycles. The molecule has 1 spiro atoms. The van der Waals surface area contributed by atoms with Gasteiger partial charge in [0.2, 0.25) is 6.29 Å². The van der Waals surface area contributed by atoms with E-state index in [0.717, 1.165) is 12.0 Å². The molecule has 26 atom stereocenters. The summed E-state index contributed by atoms with van der Waals surface area (Å²) in [7, 11) is 0. The van der Waals surface area contributed by atoms with E-state index in [0.29, 0.717) is 51.4 Å². The Hall–Kier alpha value is -1.63. The highest BCUT2D eigenvalue weighted by Gasteiger charge is 2.70. The van der Waals surface area contributed by atoms with Gasteiger partial charge in [0.05, 0.1) is 37.4 Å². The van der Waals surface area contributed by atoms with Crippen molar-refractivity contribution in [2.75, 3.05) is 26.4 Å². The van der Waals surface area contributed by atoms with Crippen LogP contribution in [-0.2, 0) is 42.7 Å². The van der Waals surface area contributed by atoms with E-state index < -0.39 is 172 Å². The molecule has 4 heterocycles. The first-order valence-electron chi connectivity index (χ1n) is 23.9. The van der Waals surface area contributed by atoms with Gasteiger partial charge in [-0.05, 0) is 93.5 Å². The molecule has 4 saturated carbocycles. The summed E-state index contributed by atoms with van der Waals surface area (Å²) in [4.78, 5) is 14.8. The first-order chi connectivity index (χ1) is 32.2. The topological polar surface area (TPSA) is 374 Å². The number of carbonyl (C=O) groups excluding carboxylic acids is 1. The molecule has 23 heteroatoms. The highest BCUT2D eigenvalue weighted by molar-refractivity contribution is 5.77. The lowest BCUT2D eigenvalue weighted by Crippen LogP contribution is -2.66. The van der Waals surface area contributed by atoms with Crippen LogP contribution in [-0.4, -0.2) is 232 Å². The number of hydrogen-bond acceptors (Lipinski definition) is 23. The quantitative estimate of drug-likeness (QED) is 0.0496. The van der Waals surface area contributed by atoms with Gasteiger partial charge in [0, 0.05) is 0 Å². The minimum absolute atomic E-state index is 0.0609. The molecule has 8 rings (SSSR count). The highest BCUT2D eigenvalue weighted by Crippen LogP contribution is 2.74. The lowest BCUT2D eigenvalue weighted by Gasteiger charge is -2.64. The molecule has 23 nitrogen and oxygen atoms in total. The molecule has 22 unspecified atom stereocenters. The van der Waals surface area contributed by atoms with Gasteiger partial charge in [0.15, 0.2) is 25.0 Å². The normalized spacial score (nSPS) is 54.5. The van der Waals surface area contributed by atoms with Crippen LogP contribution < -0.4 is 0 Å². The van der Waals surface area contributed by atoms with Crippen molar-refractivity contribution in [1.82, 2.24) is 0 Å². The van der Waals surface area contributed by atoms with E-state index in [9.17, 15) is 76.3 Å². The smallest absolute Gasteiger partial charge is 0.314 e. The van der Waals surface area contributed by atoms with Crippen LogP contribution in [0, 0.1) is 28.1 Å². The van der Waals surface area contributed by atoms with Gasteiger partial charge in [-0.25, -0.2) is 0 Å². The summed E-state index contributed by atoms with van der Waals surface area (Å²) < 4.78 is 47.5. The number of ether oxygens (including phenoxy) is 8. The van der Waals surface area contributed by atoms with Gasteiger partial charge in [0.1, 0.15) is 91.6 Å². The molecular weight excluding hydrogens is 908 g/mol. The molecule has 0 amide bonds. The fourth-order valence-corrected chi connectivity index (χ4v) is 13.8. The van der Waals surface area contributed by atoms with Crippen molar-refractivity contribution in [3.05, 3.63) is 11.6 Å². The van der Waals surface area contributed by atoms with Crippen LogP contribution in [0.15, 0.2) is 11.6 Å². The second-order valence-electron chi connectivity index (χ2n) is 21.0. The van der Waals surface area contributed by atoms with Gasteiger partial charge in [-0.1, -0.05) is 19.4 Å². The molecule has 68 heavy (non-hydrogen) atoms. The summed E-state index contributed by atoms with van der Waals surface area (Å²) in [6.07, 6.45) is -25.8. The van der Waals surface area contributed by atoms with E-state index in [1.165, 1.54) is 0 Å². The van der Waals surface area contributed by atoms with Crippen molar-refractivity contribution in [3.63, 3.8) is 0 Å². The van der Waals surface area contributed by atoms with Crippen LogP contribution in [0.1, 0.15) is 78.6 Å². The molecule has 4 aliphatic heterocycles. The number of rotatable bonds is 12. The van der Waals surface area contributed by atoms with Gasteiger partial charge < -0.3 is 109 Å². The number of carbonyl (C=O) groups is 1. The molecule has 0 aromatic carbocycles. The van der Waals surface area contributed by atoms with Crippen LogP contribution in [0.5, 0.6) is 0 Å². The average Bonchev–Trinajstić information content (AvgIpc) is 3.55. The predicted molar refractivity (Wildman–Crippen MR) is 224 cm³/mol. The first kappa shape index (κ1) is 52.7. The number of esters is 1. The Bertz CT molecular complexity index is 1790. The Kier molecular flexibility index (Phi) is 15.5. The Morgan fingerprint density at radius 3 is 1.63 bits per heavy atom. The summed E-state index contributed by atoms with van der Waals surface area (Å²) in [6.45, 7) is 2.94. The second-order valence-corrected chi connectivity index (χ2v) is 21.0. The van der Waals surface area contributed by atoms with Crippen molar-refractivity contribution in [2.24, 2.45) is 28.1 Å². The first-order valence-corrected chi connectivity index (χ1v) is 23.9. The molecule has 8 aliphatic rings. The zero-order valence-corrected chi connectivity index (χ0v) is 38.4. The van der Waals surface area contributed by atoms with Crippen LogP contribution in [0.4, 0.5) is 0 Å². The summed E-state index contributed by atoms with van der Waals surface area (Å²) >= 11 is 0. The molecule has 8 fully saturated rings. The molecule has 0 aromatic heterocycles. The molecule has 4 saturated heterocycles. The SMILES string of the molecule is C/C=C1/C[C@@]23CCC4[C@](C)(C(=O)OC5OC(CO)C(O)C(O)C5OC5OC(CO)C(O)C(O)C5O)CCC[C@@]4(C)[C@@H]2CCC1(OC1OC(CO)C(O)C(OC2OC(CO)C(O)C(O)C2O)C1O)C3. The Morgan fingerprint density at radius 1 is 0.574 bits per heavy atom. The van der Waals surface area contributed by atoms with E-state index in [4.69, 9.17) is 37.9 Å². The molecular formula is C45H72O23. The van der Waals surface area contributed by atoms with E-state index in [-0.39, 0.29) is 17.3 Å². The monoisotopic (exact) mass is 980 g/mol. The van der Waals surface area contributed by atoms with Crippen molar-refractivity contribution < 1.29 is 114 Å². The number of hydrogen-bond donors (Lipinski definition) is 14. The molecule has 390 valence electrons. The van der Waals surface area contributed by atoms with Crippen LogP contribution in [0.2, 0.25) is 0 Å². The van der Waals surface area contributed by atoms with Crippen LogP contribution in [0.3, 0.4) is 0 Å². The van der Waals surface area contributed by atoms with Gasteiger partial charge >= 0.3 is 5.97 Å². The summed E-state index contributed by atoms with van der Waals surface area (Å²) in [5.41, 5.74) is -1.88.